The topological polar surface area (TPSA) is 79.8 Å². The lowest BCUT2D eigenvalue weighted by Crippen LogP contribution is -2.50. The van der Waals surface area contributed by atoms with Crippen molar-refractivity contribution in [2.24, 2.45) is 5.92 Å². The maximum absolute atomic E-state index is 13.2. The van der Waals surface area contributed by atoms with Crippen molar-refractivity contribution >= 4 is 27.0 Å². The number of amides is 1. The average Bonchev–Trinajstić information content (AvgIpc) is 3.09. The Bertz CT molecular complexity index is 979. The highest BCUT2D eigenvalue weighted by Gasteiger charge is 2.42. The summed E-state index contributed by atoms with van der Waals surface area (Å²) in [4.78, 5) is 18.6. The molecule has 1 atom stereocenters. The molecule has 2 saturated heterocycles. The number of carbonyl (C=O) groups excluding carboxylic acids is 1. The van der Waals surface area contributed by atoms with E-state index in [-0.39, 0.29) is 23.1 Å². The Hall–Kier alpha value is -2.19. The third-order valence-electron chi connectivity index (χ3n) is 5.75. The molecule has 0 saturated carbocycles. The van der Waals surface area contributed by atoms with E-state index < -0.39 is 10.0 Å². The first-order valence-corrected chi connectivity index (χ1v) is 11.1. The first-order valence-electron chi connectivity index (χ1n) is 9.68. The van der Waals surface area contributed by atoms with Crippen LogP contribution in [0.5, 0.6) is 0 Å². The number of carbonyl (C=O) groups is 1. The Morgan fingerprint density at radius 2 is 1.86 bits per heavy atom. The fourth-order valence-electron chi connectivity index (χ4n) is 4.16. The summed E-state index contributed by atoms with van der Waals surface area (Å²) in [5, 5.41) is 0.804. The van der Waals surface area contributed by atoms with Crippen molar-refractivity contribution in [1.82, 2.24) is 14.2 Å². The summed E-state index contributed by atoms with van der Waals surface area (Å²) < 4.78 is 33.3. The number of piperidine rings is 1. The van der Waals surface area contributed by atoms with Crippen LogP contribution in [0.1, 0.15) is 26.7 Å². The summed E-state index contributed by atoms with van der Waals surface area (Å²) in [6, 6.07) is 8.95. The third kappa shape index (κ3) is 3.24. The molecule has 2 aromatic rings. The molecule has 4 rings (SSSR count). The smallest absolute Gasteiger partial charge is 0.410 e. The van der Waals surface area contributed by atoms with Gasteiger partial charge in [0.25, 0.3) is 0 Å². The van der Waals surface area contributed by atoms with Crippen molar-refractivity contribution in [1.29, 1.82) is 0 Å². The minimum atomic E-state index is -3.64. The van der Waals surface area contributed by atoms with Crippen LogP contribution < -0.4 is 0 Å². The van der Waals surface area contributed by atoms with Gasteiger partial charge in [-0.1, -0.05) is 32.0 Å². The minimum Gasteiger partial charge on any atom is -0.447 e. The highest BCUT2D eigenvalue weighted by molar-refractivity contribution is 7.89. The van der Waals surface area contributed by atoms with Gasteiger partial charge in [0.2, 0.25) is 10.0 Å². The molecule has 3 heterocycles. The van der Waals surface area contributed by atoms with Gasteiger partial charge < -0.3 is 4.74 Å². The van der Waals surface area contributed by atoms with Gasteiger partial charge in [0, 0.05) is 30.7 Å². The fourth-order valence-corrected chi connectivity index (χ4v) is 5.80. The van der Waals surface area contributed by atoms with E-state index in [2.05, 4.69) is 18.8 Å². The molecule has 0 aliphatic carbocycles. The molecule has 0 radical (unpaired) electrons. The zero-order valence-corrected chi connectivity index (χ0v) is 16.9. The van der Waals surface area contributed by atoms with Gasteiger partial charge in [-0.25, -0.2) is 13.2 Å². The van der Waals surface area contributed by atoms with Gasteiger partial charge in [0.1, 0.15) is 11.5 Å². The van der Waals surface area contributed by atoms with Crippen molar-refractivity contribution in [3.05, 3.63) is 36.5 Å². The molecule has 8 heteroatoms. The number of rotatable bonds is 4. The van der Waals surface area contributed by atoms with Crippen LogP contribution in [-0.4, -0.2) is 60.5 Å². The number of aromatic nitrogens is 1. The number of pyridine rings is 1. The second-order valence-corrected chi connectivity index (χ2v) is 9.67. The number of hydrogen-bond acceptors (Lipinski definition) is 5. The molecule has 2 aliphatic rings. The zero-order valence-electron chi connectivity index (χ0n) is 16.1. The largest absolute Gasteiger partial charge is 0.447 e. The molecule has 1 amide bonds. The number of fused-ring (bicyclic) bond motifs is 1. The Morgan fingerprint density at radius 1 is 1.14 bits per heavy atom. The van der Waals surface area contributed by atoms with Crippen molar-refractivity contribution < 1.29 is 17.9 Å². The van der Waals surface area contributed by atoms with Gasteiger partial charge in [0.05, 0.1) is 11.6 Å². The van der Waals surface area contributed by atoms with Crippen LogP contribution >= 0.6 is 0 Å². The maximum atomic E-state index is 13.2. The highest BCUT2D eigenvalue weighted by atomic mass is 32.2. The lowest BCUT2D eigenvalue weighted by Gasteiger charge is -2.38. The molecule has 2 aliphatic heterocycles. The second-order valence-electron chi connectivity index (χ2n) is 7.76. The number of benzene rings is 1. The number of ether oxygens (including phenoxy) is 1. The van der Waals surface area contributed by atoms with Crippen LogP contribution in [-0.2, 0) is 14.8 Å². The number of nitrogens with zero attached hydrogens (tertiary/aromatic N) is 3. The van der Waals surface area contributed by atoms with E-state index in [4.69, 9.17) is 4.74 Å². The van der Waals surface area contributed by atoms with Gasteiger partial charge in [-0.3, -0.25) is 9.88 Å². The van der Waals surface area contributed by atoms with E-state index in [0.29, 0.717) is 44.0 Å². The number of hydrogen-bond donors (Lipinski definition) is 0. The Kier molecular flexibility index (Phi) is 5.01. The van der Waals surface area contributed by atoms with E-state index in [1.165, 1.54) is 4.31 Å². The molecule has 2 fully saturated rings. The summed E-state index contributed by atoms with van der Waals surface area (Å²) in [6.07, 6.45) is 2.54. The SMILES string of the molecule is CC(C)C1COC(=O)N1C1CCN(S(=O)(=O)c2cccc3cccnc23)CC1. The Balaban J connectivity index is 1.54. The number of sulfonamides is 1. The minimum absolute atomic E-state index is 0.0134. The first kappa shape index (κ1) is 19.1. The van der Waals surface area contributed by atoms with E-state index >= 15 is 0 Å². The van der Waals surface area contributed by atoms with Gasteiger partial charge >= 0.3 is 6.09 Å². The summed E-state index contributed by atoms with van der Waals surface area (Å²) in [5.41, 5.74) is 0.495. The lowest BCUT2D eigenvalue weighted by atomic mass is 9.98. The standard InChI is InChI=1S/C20H25N3O4S/c1-14(2)17-13-27-20(24)23(17)16-8-11-22(12-9-16)28(25,26)18-7-3-5-15-6-4-10-21-19(15)18/h3-7,10,14,16-17H,8-9,11-13H2,1-2H3. The van der Waals surface area contributed by atoms with Crippen molar-refractivity contribution in [3.63, 3.8) is 0 Å². The van der Waals surface area contributed by atoms with Gasteiger partial charge in [0.15, 0.2) is 0 Å². The molecule has 1 aromatic heterocycles. The predicted molar refractivity (Wildman–Crippen MR) is 105 cm³/mol. The monoisotopic (exact) mass is 403 g/mol. The van der Waals surface area contributed by atoms with Gasteiger partial charge in [-0.05, 0) is 30.9 Å². The molecule has 0 spiro atoms. The van der Waals surface area contributed by atoms with Crippen LogP contribution in [0.15, 0.2) is 41.4 Å². The average molecular weight is 404 g/mol. The molecular weight excluding hydrogens is 378 g/mol. The molecule has 150 valence electrons. The molecule has 1 unspecified atom stereocenters. The van der Waals surface area contributed by atoms with Crippen LogP contribution in [0.2, 0.25) is 0 Å². The van der Waals surface area contributed by atoms with E-state index in [1.54, 1.807) is 24.4 Å². The predicted octanol–water partition coefficient (Wildman–Crippen LogP) is 2.86. The first-order chi connectivity index (χ1) is 13.4. The summed E-state index contributed by atoms with van der Waals surface area (Å²) in [5.74, 6) is 0.301. The van der Waals surface area contributed by atoms with Crippen LogP contribution in [0.4, 0.5) is 4.79 Å². The van der Waals surface area contributed by atoms with Crippen LogP contribution in [0, 0.1) is 5.92 Å². The molecule has 1 aromatic carbocycles. The summed E-state index contributed by atoms with van der Waals surface area (Å²) in [7, 11) is -3.64. The molecule has 7 nitrogen and oxygen atoms in total. The highest BCUT2D eigenvalue weighted by Crippen LogP contribution is 2.30. The van der Waals surface area contributed by atoms with Crippen molar-refractivity contribution in [3.8, 4) is 0 Å². The summed E-state index contributed by atoms with van der Waals surface area (Å²) >= 11 is 0. The number of cyclic esters (lactones) is 1. The van der Waals surface area contributed by atoms with Crippen LogP contribution in [0.3, 0.4) is 0 Å². The normalized spacial score (nSPS) is 22.2. The maximum Gasteiger partial charge on any atom is 0.410 e. The van der Waals surface area contributed by atoms with E-state index in [9.17, 15) is 13.2 Å². The van der Waals surface area contributed by atoms with Crippen LogP contribution in [0.25, 0.3) is 10.9 Å². The Morgan fingerprint density at radius 3 is 2.57 bits per heavy atom. The molecular formula is C20H25N3O4S. The van der Waals surface area contributed by atoms with Crippen molar-refractivity contribution in [2.75, 3.05) is 19.7 Å². The lowest BCUT2D eigenvalue weighted by molar-refractivity contribution is 0.117. The van der Waals surface area contributed by atoms with E-state index in [1.807, 2.05) is 17.0 Å². The zero-order chi connectivity index (χ0) is 19.9. The second kappa shape index (κ2) is 7.33. The van der Waals surface area contributed by atoms with Crippen molar-refractivity contribution in [2.45, 2.75) is 43.7 Å². The van der Waals surface area contributed by atoms with Gasteiger partial charge in [-0.2, -0.15) is 4.31 Å². The number of para-hydroxylation sites is 1. The van der Waals surface area contributed by atoms with Gasteiger partial charge in [-0.15, -0.1) is 0 Å². The van der Waals surface area contributed by atoms with E-state index in [0.717, 1.165) is 5.39 Å². The molecule has 0 N–H and O–H groups in total. The molecule has 0 bridgehead atoms. The summed E-state index contributed by atoms with van der Waals surface area (Å²) in [6.45, 7) is 5.33. The quantitative estimate of drug-likeness (QED) is 0.784. The third-order valence-corrected chi connectivity index (χ3v) is 7.68. The fraction of sp³-hybridized carbons (Fsp3) is 0.500. The molecule has 28 heavy (non-hydrogen) atoms. The Labute approximate surface area is 165 Å².